The summed E-state index contributed by atoms with van der Waals surface area (Å²) in [5.41, 5.74) is 3.61. The third-order valence-electron chi connectivity index (χ3n) is 8.44. The van der Waals surface area contributed by atoms with Crippen molar-refractivity contribution in [1.29, 1.82) is 0 Å². The van der Waals surface area contributed by atoms with Crippen LogP contribution in [0.25, 0.3) is 0 Å². The van der Waals surface area contributed by atoms with Gasteiger partial charge in [-0.15, -0.1) is 0 Å². The van der Waals surface area contributed by atoms with Gasteiger partial charge in [0.1, 0.15) is 18.0 Å². The van der Waals surface area contributed by atoms with Crippen molar-refractivity contribution in [2.24, 2.45) is 5.92 Å². The number of halogens is 1. The Balaban J connectivity index is 1.10. The zero-order chi connectivity index (χ0) is 26.8. The second-order valence-corrected chi connectivity index (χ2v) is 10.8. The number of piperidine rings is 1. The van der Waals surface area contributed by atoms with Gasteiger partial charge < -0.3 is 14.4 Å². The maximum absolute atomic E-state index is 13.7. The van der Waals surface area contributed by atoms with E-state index in [9.17, 15) is 14.0 Å². The summed E-state index contributed by atoms with van der Waals surface area (Å²) in [7, 11) is 0. The number of carbonyl (C=O) groups excluding carboxylic acids is 2. The molecule has 0 bridgehead atoms. The van der Waals surface area contributed by atoms with E-state index in [0.717, 1.165) is 48.8 Å². The van der Waals surface area contributed by atoms with Crippen molar-refractivity contribution in [2.75, 3.05) is 19.6 Å². The number of benzene rings is 3. The van der Waals surface area contributed by atoms with E-state index < -0.39 is 5.60 Å². The SMILES string of the molecule is O=C(OCc1ccccc1)N1CCC(C2(OC(=O)N3CCc4ccccc4[C@@H]3c3ccc(F)cc3)CC2)CC1. The van der Waals surface area contributed by atoms with E-state index in [0.29, 0.717) is 19.6 Å². The van der Waals surface area contributed by atoms with Gasteiger partial charge in [-0.3, -0.25) is 4.90 Å². The van der Waals surface area contributed by atoms with Gasteiger partial charge in [0.15, 0.2) is 0 Å². The number of fused-ring (bicyclic) bond motifs is 1. The lowest BCUT2D eigenvalue weighted by molar-refractivity contribution is -0.00769. The third-order valence-corrected chi connectivity index (χ3v) is 8.44. The Labute approximate surface area is 228 Å². The van der Waals surface area contributed by atoms with Crippen molar-refractivity contribution < 1.29 is 23.5 Å². The molecule has 6 nitrogen and oxygen atoms in total. The summed E-state index contributed by atoms with van der Waals surface area (Å²) in [5.74, 6) is -0.0924. The molecule has 6 rings (SSSR count). The van der Waals surface area contributed by atoms with E-state index in [-0.39, 0.29) is 36.6 Å². The van der Waals surface area contributed by atoms with Gasteiger partial charge in [-0.1, -0.05) is 66.7 Å². The lowest BCUT2D eigenvalue weighted by Crippen LogP contribution is -2.46. The molecule has 1 aliphatic carbocycles. The molecule has 1 saturated heterocycles. The summed E-state index contributed by atoms with van der Waals surface area (Å²) in [6.45, 7) is 1.98. The first kappa shape index (κ1) is 25.4. The number of rotatable bonds is 5. The molecule has 1 saturated carbocycles. The molecule has 2 heterocycles. The fourth-order valence-corrected chi connectivity index (χ4v) is 6.12. The third kappa shape index (κ3) is 5.35. The summed E-state index contributed by atoms with van der Waals surface area (Å²) in [6.07, 6.45) is 3.37. The van der Waals surface area contributed by atoms with Gasteiger partial charge in [-0.25, -0.2) is 14.0 Å². The van der Waals surface area contributed by atoms with E-state index in [2.05, 4.69) is 6.07 Å². The average Bonchev–Trinajstić information content (AvgIpc) is 3.77. The number of likely N-dealkylation sites (tertiary alicyclic amines) is 1. The molecule has 0 spiro atoms. The maximum atomic E-state index is 13.7. The van der Waals surface area contributed by atoms with E-state index in [4.69, 9.17) is 9.47 Å². The fourth-order valence-electron chi connectivity index (χ4n) is 6.12. The van der Waals surface area contributed by atoms with Gasteiger partial charge in [-0.2, -0.15) is 0 Å². The quantitative estimate of drug-likeness (QED) is 0.380. The molecule has 0 unspecified atom stereocenters. The highest BCUT2D eigenvalue weighted by molar-refractivity contribution is 5.71. The van der Waals surface area contributed by atoms with Gasteiger partial charge >= 0.3 is 12.2 Å². The lowest BCUT2D eigenvalue weighted by atomic mass is 9.88. The highest BCUT2D eigenvalue weighted by Gasteiger charge is 2.54. The second-order valence-electron chi connectivity index (χ2n) is 10.8. The van der Waals surface area contributed by atoms with Crippen LogP contribution in [0, 0.1) is 11.7 Å². The smallest absolute Gasteiger partial charge is 0.411 e. The standard InChI is InChI=1S/C32H33FN2O4/c33-27-12-10-25(11-13-27)29-28-9-5-4-8-24(28)14-21-35(29)31(37)39-32(17-18-32)26-15-19-34(20-16-26)30(36)38-22-23-6-2-1-3-7-23/h1-13,26,29H,14-22H2/t29-/m0/s1. The molecule has 7 heteroatoms. The van der Waals surface area contributed by atoms with Gasteiger partial charge in [0, 0.05) is 25.6 Å². The van der Waals surface area contributed by atoms with Gasteiger partial charge in [0.25, 0.3) is 0 Å². The predicted octanol–water partition coefficient (Wildman–Crippen LogP) is 6.49. The van der Waals surface area contributed by atoms with E-state index in [1.54, 1.807) is 21.9 Å². The minimum absolute atomic E-state index is 0.209. The number of amides is 2. The molecule has 3 aromatic carbocycles. The Morgan fingerprint density at radius 3 is 2.26 bits per heavy atom. The Bertz CT molecular complexity index is 1320. The molecule has 2 amide bonds. The van der Waals surface area contributed by atoms with Crippen molar-refractivity contribution in [2.45, 2.75) is 50.4 Å². The molecule has 0 N–H and O–H groups in total. The molecule has 0 aromatic heterocycles. The molecule has 3 aromatic rings. The van der Waals surface area contributed by atoms with E-state index in [1.807, 2.05) is 48.5 Å². The fraction of sp³-hybridized carbons (Fsp3) is 0.375. The molecular weight excluding hydrogens is 495 g/mol. The number of carbonyl (C=O) groups is 2. The van der Waals surface area contributed by atoms with Crippen LogP contribution in [0.1, 0.15) is 54.0 Å². The Hall–Kier alpha value is -3.87. The monoisotopic (exact) mass is 528 g/mol. The van der Waals surface area contributed by atoms with Gasteiger partial charge in [0.2, 0.25) is 0 Å². The van der Waals surface area contributed by atoms with Crippen LogP contribution in [0.15, 0.2) is 78.9 Å². The van der Waals surface area contributed by atoms with Crippen LogP contribution in [0.2, 0.25) is 0 Å². The number of ether oxygens (including phenoxy) is 2. The van der Waals surface area contributed by atoms with Crippen molar-refractivity contribution >= 4 is 12.2 Å². The van der Waals surface area contributed by atoms with Crippen LogP contribution in [0.4, 0.5) is 14.0 Å². The predicted molar refractivity (Wildman–Crippen MR) is 144 cm³/mol. The molecular formula is C32H33FN2O4. The van der Waals surface area contributed by atoms with Crippen molar-refractivity contribution in [1.82, 2.24) is 9.80 Å². The van der Waals surface area contributed by atoms with E-state index >= 15 is 0 Å². The molecule has 0 radical (unpaired) electrons. The first-order valence-electron chi connectivity index (χ1n) is 13.8. The summed E-state index contributed by atoms with van der Waals surface area (Å²) in [6, 6.07) is 23.9. The number of hydrogen-bond donors (Lipinski definition) is 0. The van der Waals surface area contributed by atoms with Crippen molar-refractivity contribution in [3.05, 3.63) is 107 Å². The average molecular weight is 529 g/mol. The summed E-state index contributed by atoms with van der Waals surface area (Å²) in [4.78, 5) is 29.9. The number of hydrogen-bond acceptors (Lipinski definition) is 4. The van der Waals surface area contributed by atoms with Crippen LogP contribution in [-0.2, 0) is 22.5 Å². The van der Waals surface area contributed by atoms with Gasteiger partial charge in [0.05, 0.1) is 6.04 Å². The molecule has 1 atom stereocenters. The summed E-state index contributed by atoms with van der Waals surface area (Å²) < 4.78 is 25.5. The molecule has 2 fully saturated rings. The highest BCUT2D eigenvalue weighted by Crippen LogP contribution is 2.51. The van der Waals surface area contributed by atoms with Crippen LogP contribution < -0.4 is 0 Å². The first-order valence-corrected chi connectivity index (χ1v) is 13.8. The minimum atomic E-state index is -0.471. The molecule has 39 heavy (non-hydrogen) atoms. The maximum Gasteiger partial charge on any atom is 0.411 e. The zero-order valence-electron chi connectivity index (χ0n) is 21.9. The molecule has 2 aliphatic heterocycles. The largest absolute Gasteiger partial charge is 0.445 e. The summed E-state index contributed by atoms with van der Waals surface area (Å²) >= 11 is 0. The molecule has 3 aliphatic rings. The Kier molecular flexibility index (Phi) is 6.98. The normalized spacial score (nSPS) is 20.2. The molecule has 202 valence electrons. The van der Waals surface area contributed by atoms with Crippen molar-refractivity contribution in [3.8, 4) is 0 Å². The van der Waals surface area contributed by atoms with Crippen LogP contribution >= 0.6 is 0 Å². The Morgan fingerprint density at radius 1 is 0.846 bits per heavy atom. The van der Waals surface area contributed by atoms with E-state index in [1.165, 1.54) is 17.7 Å². The second kappa shape index (κ2) is 10.7. The van der Waals surface area contributed by atoms with Crippen LogP contribution in [-0.4, -0.2) is 47.2 Å². The van der Waals surface area contributed by atoms with Crippen LogP contribution in [0.5, 0.6) is 0 Å². The Morgan fingerprint density at radius 2 is 1.54 bits per heavy atom. The minimum Gasteiger partial charge on any atom is -0.445 e. The lowest BCUT2D eigenvalue weighted by Gasteiger charge is -2.40. The summed E-state index contributed by atoms with van der Waals surface area (Å²) in [5, 5.41) is 0. The topological polar surface area (TPSA) is 59.1 Å². The van der Waals surface area contributed by atoms with Crippen LogP contribution in [0.3, 0.4) is 0 Å². The van der Waals surface area contributed by atoms with Gasteiger partial charge in [-0.05, 0) is 66.5 Å². The van der Waals surface area contributed by atoms with Crippen molar-refractivity contribution in [3.63, 3.8) is 0 Å². The zero-order valence-corrected chi connectivity index (χ0v) is 21.9. The highest BCUT2D eigenvalue weighted by atomic mass is 19.1. The first-order chi connectivity index (χ1) is 19.0. The number of nitrogens with zero attached hydrogens (tertiary/aromatic N) is 2.